The van der Waals surface area contributed by atoms with Crippen LogP contribution in [0.1, 0.15) is 19.3 Å². The molecule has 4 rings (SSSR count). The monoisotopic (exact) mass is 370 g/mol. The molecule has 1 unspecified atom stereocenters. The van der Waals surface area contributed by atoms with Crippen LogP contribution < -0.4 is 10.6 Å². The van der Waals surface area contributed by atoms with Gasteiger partial charge in [0.25, 0.3) is 0 Å². The number of nitrogens with one attached hydrogen (secondary N) is 2. The van der Waals surface area contributed by atoms with Crippen LogP contribution in [0.25, 0.3) is 10.9 Å². The first kappa shape index (κ1) is 18.0. The lowest BCUT2D eigenvalue weighted by atomic mass is 10.1. The molecule has 0 radical (unpaired) electrons. The third-order valence-corrected chi connectivity index (χ3v) is 5.32. The number of carbonyl (C=O) groups is 2. The van der Waals surface area contributed by atoms with E-state index in [9.17, 15) is 9.59 Å². The number of aromatic nitrogens is 1. The highest BCUT2D eigenvalue weighted by atomic mass is 16.5. The highest BCUT2D eigenvalue weighted by molar-refractivity contribution is 5.94. The molecule has 7 heteroatoms. The summed E-state index contributed by atoms with van der Waals surface area (Å²) in [5, 5.41) is 7.34. The summed E-state index contributed by atoms with van der Waals surface area (Å²) in [6, 6.07) is 8.10. The van der Waals surface area contributed by atoms with Crippen LogP contribution in [0.2, 0.25) is 0 Å². The van der Waals surface area contributed by atoms with Crippen LogP contribution in [0.15, 0.2) is 30.5 Å². The maximum atomic E-state index is 12.5. The number of morpholine rings is 1. The Morgan fingerprint density at radius 1 is 1.22 bits per heavy atom. The zero-order valence-electron chi connectivity index (χ0n) is 15.4. The number of fused-ring (bicyclic) bond motifs is 1. The SMILES string of the molecule is O=C(CC1CCCN1)Nc1ccc2c(ccn2CC(=O)N2CCOCC2)c1. The van der Waals surface area contributed by atoms with Crippen molar-refractivity contribution >= 4 is 28.4 Å². The molecule has 7 nitrogen and oxygen atoms in total. The van der Waals surface area contributed by atoms with Crippen molar-refractivity contribution in [2.75, 3.05) is 38.2 Å². The molecule has 1 aromatic heterocycles. The first-order chi connectivity index (χ1) is 13.2. The lowest BCUT2D eigenvalue weighted by molar-refractivity contribution is -0.135. The van der Waals surface area contributed by atoms with Gasteiger partial charge in [0.15, 0.2) is 0 Å². The van der Waals surface area contributed by atoms with Gasteiger partial charge in [0.05, 0.1) is 13.2 Å². The summed E-state index contributed by atoms with van der Waals surface area (Å²) in [4.78, 5) is 26.5. The number of rotatable bonds is 5. The van der Waals surface area contributed by atoms with E-state index in [4.69, 9.17) is 4.74 Å². The lowest BCUT2D eigenvalue weighted by Crippen LogP contribution is -2.42. The Bertz CT molecular complexity index is 820. The van der Waals surface area contributed by atoms with Crippen LogP contribution in [0.5, 0.6) is 0 Å². The van der Waals surface area contributed by atoms with E-state index in [2.05, 4.69) is 10.6 Å². The average Bonchev–Trinajstić information content (AvgIpc) is 3.32. The summed E-state index contributed by atoms with van der Waals surface area (Å²) >= 11 is 0. The van der Waals surface area contributed by atoms with Crippen molar-refractivity contribution in [2.45, 2.75) is 31.8 Å². The van der Waals surface area contributed by atoms with Gasteiger partial charge in [-0.3, -0.25) is 9.59 Å². The largest absolute Gasteiger partial charge is 0.378 e. The molecule has 1 aromatic carbocycles. The van der Waals surface area contributed by atoms with Gasteiger partial charge in [-0.2, -0.15) is 0 Å². The Labute approximate surface area is 158 Å². The van der Waals surface area contributed by atoms with Gasteiger partial charge in [0.1, 0.15) is 6.54 Å². The zero-order valence-corrected chi connectivity index (χ0v) is 15.4. The molecule has 0 spiro atoms. The molecule has 2 aromatic rings. The molecule has 0 saturated carbocycles. The molecule has 1 atom stereocenters. The van der Waals surface area contributed by atoms with Crippen LogP contribution >= 0.6 is 0 Å². The first-order valence-corrected chi connectivity index (χ1v) is 9.67. The molecule has 144 valence electrons. The maximum absolute atomic E-state index is 12.5. The highest BCUT2D eigenvalue weighted by Gasteiger charge is 2.19. The van der Waals surface area contributed by atoms with E-state index in [1.54, 1.807) is 0 Å². The standard InChI is InChI=1S/C20H26N4O3/c25-19(13-16-2-1-6-21-16)22-17-3-4-18-15(12-17)5-7-24(18)14-20(26)23-8-10-27-11-9-23/h3-5,7,12,16,21H,1-2,6,8-11,13-14H2,(H,22,25). The predicted octanol–water partition coefficient (Wildman–Crippen LogP) is 1.58. The Morgan fingerprint density at radius 3 is 2.85 bits per heavy atom. The molecule has 27 heavy (non-hydrogen) atoms. The van der Waals surface area contributed by atoms with Crippen molar-refractivity contribution in [3.63, 3.8) is 0 Å². The highest BCUT2D eigenvalue weighted by Crippen LogP contribution is 2.21. The molecule has 2 amide bonds. The smallest absolute Gasteiger partial charge is 0.242 e. The van der Waals surface area contributed by atoms with Gasteiger partial charge >= 0.3 is 0 Å². The lowest BCUT2D eigenvalue weighted by Gasteiger charge is -2.27. The summed E-state index contributed by atoms with van der Waals surface area (Å²) in [5.41, 5.74) is 1.79. The van der Waals surface area contributed by atoms with E-state index >= 15 is 0 Å². The van der Waals surface area contributed by atoms with Crippen molar-refractivity contribution in [1.29, 1.82) is 0 Å². The van der Waals surface area contributed by atoms with Gasteiger partial charge in [-0.1, -0.05) is 0 Å². The number of amides is 2. The second-order valence-electron chi connectivity index (χ2n) is 7.26. The van der Waals surface area contributed by atoms with E-state index in [1.807, 2.05) is 39.9 Å². The fourth-order valence-electron chi connectivity index (χ4n) is 3.84. The minimum absolute atomic E-state index is 0.0377. The van der Waals surface area contributed by atoms with Crippen LogP contribution in [0, 0.1) is 0 Å². The zero-order chi connectivity index (χ0) is 18.6. The van der Waals surface area contributed by atoms with Crippen LogP contribution in [-0.2, 0) is 20.9 Å². The molecule has 2 fully saturated rings. The summed E-state index contributed by atoms with van der Waals surface area (Å²) in [6.45, 7) is 3.85. The molecular weight excluding hydrogens is 344 g/mol. The van der Waals surface area contributed by atoms with E-state index < -0.39 is 0 Å². The average molecular weight is 370 g/mol. The fraction of sp³-hybridized carbons (Fsp3) is 0.500. The van der Waals surface area contributed by atoms with E-state index in [-0.39, 0.29) is 11.8 Å². The Kier molecular flexibility index (Phi) is 5.40. The molecular formula is C20H26N4O3. The number of hydrogen-bond donors (Lipinski definition) is 2. The van der Waals surface area contributed by atoms with Crippen LogP contribution in [0.3, 0.4) is 0 Å². The summed E-state index contributed by atoms with van der Waals surface area (Å²) < 4.78 is 7.26. The second kappa shape index (κ2) is 8.10. The minimum Gasteiger partial charge on any atom is -0.378 e. The third-order valence-electron chi connectivity index (χ3n) is 5.32. The summed E-state index contributed by atoms with van der Waals surface area (Å²) in [5.74, 6) is 0.146. The number of carbonyl (C=O) groups excluding carboxylic acids is 2. The predicted molar refractivity (Wildman–Crippen MR) is 104 cm³/mol. The molecule has 2 saturated heterocycles. The molecule has 0 aliphatic carbocycles. The summed E-state index contributed by atoms with van der Waals surface area (Å²) in [6.07, 6.45) is 4.64. The van der Waals surface area contributed by atoms with Crippen LogP contribution in [-0.4, -0.2) is 60.2 Å². The molecule has 0 bridgehead atoms. The molecule has 2 N–H and O–H groups in total. The molecule has 2 aliphatic heterocycles. The Morgan fingerprint density at radius 2 is 2.07 bits per heavy atom. The van der Waals surface area contributed by atoms with Crippen molar-refractivity contribution < 1.29 is 14.3 Å². The Hall–Kier alpha value is -2.38. The van der Waals surface area contributed by atoms with Crippen LogP contribution in [0.4, 0.5) is 5.69 Å². The van der Waals surface area contributed by atoms with Gasteiger partial charge < -0.3 is 24.8 Å². The van der Waals surface area contributed by atoms with Gasteiger partial charge in [0, 0.05) is 48.3 Å². The number of hydrogen-bond acceptors (Lipinski definition) is 4. The van der Waals surface area contributed by atoms with E-state index in [0.717, 1.165) is 36.0 Å². The minimum atomic E-state index is 0.0377. The number of ether oxygens (including phenoxy) is 1. The van der Waals surface area contributed by atoms with Gasteiger partial charge in [-0.05, 0) is 43.7 Å². The second-order valence-corrected chi connectivity index (χ2v) is 7.26. The number of benzene rings is 1. The van der Waals surface area contributed by atoms with Gasteiger partial charge in [0.2, 0.25) is 11.8 Å². The number of anilines is 1. The fourth-order valence-corrected chi connectivity index (χ4v) is 3.84. The van der Waals surface area contributed by atoms with E-state index in [1.165, 1.54) is 0 Å². The van der Waals surface area contributed by atoms with Gasteiger partial charge in [-0.25, -0.2) is 0 Å². The normalized spacial score (nSPS) is 20.1. The molecule has 3 heterocycles. The first-order valence-electron chi connectivity index (χ1n) is 9.67. The molecule has 2 aliphatic rings. The van der Waals surface area contributed by atoms with Crippen molar-refractivity contribution in [1.82, 2.24) is 14.8 Å². The maximum Gasteiger partial charge on any atom is 0.242 e. The van der Waals surface area contributed by atoms with Gasteiger partial charge in [-0.15, -0.1) is 0 Å². The van der Waals surface area contributed by atoms with Crippen molar-refractivity contribution in [3.8, 4) is 0 Å². The van der Waals surface area contributed by atoms with Crippen molar-refractivity contribution in [2.24, 2.45) is 0 Å². The van der Waals surface area contributed by atoms with E-state index in [0.29, 0.717) is 45.3 Å². The summed E-state index contributed by atoms with van der Waals surface area (Å²) in [7, 11) is 0. The van der Waals surface area contributed by atoms with Crippen molar-refractivity contribution in [3.05, 3.63) is 30.5 Å². The topological polar surface area (TPSA) is 75.6 Å². The third kappa shape index (κ3) is 4.31. The number of nitrogens with zero attached hydrogens (tertiary/aromatic N) is 2. The Balaban J connectivity index is 1.40. The quantitative estimate of drug-likeness (QED) is 0.838.